The van der Waals surface area contributed by atoms with E-state index >= 15 is 0 Å². The molecule has 9 nitrogen and oxygen atoms in total. The molecule has 9 heteroatoms. The molecule has 2 aromatic carbocycles. The second-order valence-corrected chi connectivity index (χ2v) is 10.3. The van der Waals surface area contributed by atoms with Crippen molar-refractivity contribution in [3.63, 3.8) is 0 Å². The lowest BCUT2D eigenvalue weighted by atomic mass is 10.0. The molecular formula is C30H39N5O4. The summed E-state index contributed by atoms with van der Waals surface area (Å²) in [6.07, 6.45) is 10.3. The number of nitrogens with zero attached hydrogens (tertiary/aromatic N) is 4. The molecule has 3 aromatic rings. The fraction of sp³-hybridized carbons (Fsp3) is 0.467. The molecule has 0 aliphatic carbocycles. The maximum absolute atomic E-state index is 12.9. The summed E-state index contributed by atoms with van der Waals surface area (Å²) in [7, 11) is 0. The van der Waals surface area contributed by atoms with Gasteiger partial charge >= 0.3 is 0 Å². The highest BCUT2D eigenvalue weighted by atomic mass is 16.7. The number of benzene rings is 2. The molecule has 5 rings (SSSR count). The molecule has 1 saturated heterocycles. The molecule has 3 heterocycles. The average molecular weight is 534 g/mol. The zero-order valence-corrected chi connectivity index (χ0v) is 22.8. The Morgan fingerprint density at radius 3 is 2.85 bits per heavy atom. The number of hydrogen-bond acceptors (Lipinski definition) is 7. The van der Waals surface area contributed by atoms with Crippen molar-refractivity contribution >= 4 is 5.91 Å². The van der Waals surface area contributed by atoms with Crippen molar-refractivity contribution in [1.29, 1.82) is 0 Å². The van der Waals surface area contributed by atoms with Gasteiger partial charge in [0.1, 0.15) is 12.4 Å². The summed E-state index contributed by atoms with van der Waals surface area (Å²) >= 11 is 0. The van der Waals surface area contributed by atoms with Gasteiger partial charge < -0.3 is 29.0 Å². The van der Waals surface area contributed by atoms with Crippen molar-refractivity contribution in [3.05, 3.63) is 66.7 Å². The van der Waals surface area contributed by atoms with Gasteiger partial charge in [0.2, 0.25) is 12.7 Å². The zero-order chi connectivity index (χ0) is 26.9. The van der Waals surface area contributed by atoms with Crippen LogP contribution in [0.5, 0.6) is 17.2 Å². The molecule has 0 spiro atoms. The summed E-state index contributed by atoms with van der Waals surface area (Å²) in [5, 5.41) is 3.12. The van der Waals surface area contributed by atoms with Crippen LogP contribution in [0.15, 0.2) is 61.2 Å². The number of hydrogen-bond donors (Lipinski definition) is 1. The molecule has 1 unspecified atom stereocenters. The minimum Gasteiger partial charge on any atom is -0.492 e. The first-order valence-corrected chi connectivity index (χ1v) is 14.0. The monoisotopic (exact) mass is 533 g/mol. The number of likely N-dealkylation sites (tertiary alicyclic amines) is 1. The van der Waals surface area contributed by atoms with E-state index in [1.54, 1.807) is 12.5 Å². The Balaban J connectivity index is 1.12. The predicted molar refractivity (Wildman–Crippen MR) is 149 cm³/mol. The van der Waals surface area contributed by atoms with E-state index in [1.165, 1.54) is 25.8 Å². The lowest BCUT2D eigenvalue weighted by Gasteiger charge is -2.33. The van der Waals surface area contributed by atoms with Gasteiger partial charge in [0, 0.05) is 50.3 Å². The Morgan fingerprint density at radius 2 is 2.03 bits per heavy atom. The number of imidazole rings is 1. The van der Waals surface area contributed by atoms with Gasteiger partial charge in [-0.25, -0.2) is 4.98 Å². The molecular weight excluding hydrogens is 494 g/mol. The molecule has 1 aromatic heterocycles. The van der Waals surface area contributed by atoms with Crippen LogP contribution in [0.2, 0.25) is 0 Å². The molecule has 1 atom stereocenters. The summed E-state index contributed by atoms with van der Waals surface area (Å²) in [5.41, 5.74) is 2.09. The van der Waals surface area contributed by atoms with Crippen molar-refractivity contribution in [2.75, 3.05) is 46.1 Å². The van der Waals surface area contributed by atoms with Crippen LogP contribution >= 0.6 is 0 Å². The summed E-state index contributed by atoms with van der Waals surface area (Å²) < 4.78 is 19.0. The summed E-state index contributed by atoms with van der Waals surface area (Å²) in [6, 6.07) is 14.5. The number of nitrogens with one attached hydrogen (secondary N) is 1. The third kappa shape index (κ3) is 7.74. The van der Waals surface area contributed by atoms with Crippen LogP contribution in [0.1, 0.15) is 38.2 Å². The topological polar surface area (TPSA) is 81.1 Å². The van der Waals surface area contributed by atoms with Gasteiger partial charge in [-0.15, -0.1) is 0 Å². The molecule has 1 fully saturated rings. The van der Waals surface area contributed by atoms with Crippen molar-refractivity contribution in [2.24, 2.45) is 0 Å². The molecule has 2 aliphatic heterocycles. The molecule has 2 aliphatic rings. The predicted octanol–water partition coefficient (Wildman–Crippen LogP) is 3.86. The van der Waals surface area contributed by atoms with E-state index in [4.69, 9.17) is 14.2 Å². The standard InChI is InChI=1S/C30H39N5O4/c1-24-5-2-3-14-34(24)15-4-12-32-30(36)21-33(20-25-6-11-28-29(19-25)39-23-38-28)17-18-37-27-9-7-26(8-10-27)35-16-13-31-22-35/h6-11,13,16,19,22,24H,2-5,12,14-15,17-18,20-21,23H2,1H3,(H,32,36). The van der Waals surface area contributed by atoms with E-state index in [-0.39, 0.29) is 12.7 Å². The van der Waals surface area contributed by atoms with Crippen LogP contribution in [-0.4, -0.2) is 77.4 Å². The first-order valence-electron chi connectivity index (χ1n) is 14.0. The highest BCUT2D eigenvalue weighted by Crippen LogP contribution is 2.32. The van der Waals surface area contributed by atoms with Crippen LogP contribution in [0.25, 0.3) is 5.69 Å². The molecule has 208 valence electrons. The van der Waals surface area contributed by atoms with Crippen LogP contribution in [0.3, 0.4) is 0 Å². The van der Waals surface area contributed by atoms with Gasteiger partial charge in [-0.2, -0.15) is 0 Å². The number of rotatable bonds is 13. The minimum absolute atomic E-state index is 0.0344. The Bertz CT molecular complexity index is 1180. The van der Waals surface area contributed by atoms with Crippen molar-refractivity contribution in [2.45, 2.75) is 45.2 Å². The Kier molecular flexibility index (Phi) is 9.34. The average Bonchev–Trinajstić information content (AvgIpc) is 3.65. The van der Waals surface area contributed by atoms with E-state index in [0.717, 1.165) is 41.5 Å². The van der Waals surface area contributed by atoms with Gasteiger partial charge in [-0.1, -0.05) is 12.5 Å². The SMILES string of the molecule is CC1CCCCN1CCCNC(=O)CN(CCOc1ccc(-n2ccnc2)cc1)Cc1ccc2c(c1)OCO2. The van der Waals surface area contributed by atoms with Crippen LogP contribution in [0.4, 0.5) is 0 Å². The maximum atomic E-state index is 12.9. The van der Waals surface area contributed by atoms with Crippen molar-refractivity contribution in [3.8, 4) is 22.9 Å². The molecule has 1 amide bonds. The third-order valence-electron chi connectivity index (χ3n) is 7.41. The fourth-order valence-electron chi connectivity index (χ4n) is 5.19. The number of ether oxygens (including phenoxy) is 3. The third-order valence-corrected chi connectivity index (χ3v) is 7.41. The van der Waals surface area contributed by atoms with E-state index < -0.39 is 0 Å². The normalized spacial score (nSPS) is 16.9. The second-order valence-electron chi connectivity index (χ2n) is 10.3. The first kappa shape index (κ1) is 27.0. The number of aromatic nitrogens is 2. The van der Waals surface area contributed by atoms with Gasteiger partial charge in [0.25, 0.3) is 0 Å². The minimum atomic E-state index is 0.0344. The molecule has 0 radical (unpaired) electrons. The zero-order valence-electron chi connectivity index (χ0n) is 22.8. The quantitative estimate of drug-likeness (QED) is 0.334. The molecule has 0 saturated carbocycles. The lowest BCUT2D eigenvalue weighted by molar-refractivity contribution is -0.122. The fourth-order valence-corrected chi connectivity index (χ4v) is 5.19. The molecule has 1 N–H and O–H groups in total. The van der Waals surface area contributed by atoms with E-state index in [2.05, 4.69) is 27.0 Å². The van der Waals surface area contributed by atoms with E-state index in [1.807, 2.05) is 53.2 Å². The largest absolute Gasteiger partial charge is 0.492 e. The summed E-state index contributed by atoms with van der Waals surface area (Å²) in [6.45, 7) is 7.44. The van der Waals surface area contributed by atoms with Crippen molar-refractivity contribution in [1.82, 2.24) is 24.7 Å². The summed E-state index contributed by atoms with van der Waals surface area (Å²) in [5.74, 6) is 2.33. The van der Waals surface area contributed by atoms with Crippen LogP contribution in [-0.2, 0) is 11.3 Å². The Morgan fingerprint density at radius 1 is 1.15 bits per heavy atom. The highest BCUT2D eigenvalue weighted by molar-refractivity contribution is 5.78. The molecule has 0 bridgehead atoms. The van der Waals surface area contributed by atoms with E-state index in [0.29, 0.717) is 38.8 Å². The number of piperidine rings is 1. The van der Waals surface area contributed by atoms with Gasteiger partial charge in [0.05, 0.1) is 12.9 Å². The van der Waals surface area contributed by atoms with Crippen LogP contribution < -0.4 is 19.5 Å². The lowest BCUT2D eigenvalue weighted by Crippen LogP contribution is -2.41. The summed E-state index contributed by atoms with van der Waals surface area (Å²) in [4.78, 5) is 21.6. The molecule has 39 heavy (non-hydrogen) atoms. The smallest absolute Gasteiger partial charge is 0.234 e. The van der Waals surface area contributed by atoms with E-state index in [9.17, 15) is 4.79 Å². The van der Waals surface area contributed by atoms with Gasteiger partial charge in [-0.05, 0) is 74.7 Å². The number of amides is 1. The number of fused-ring (bicyclic) bond motifs is 1. The first-order chi connectivity index (χ1) is 19.1. The second kappa shape index (κ2) is 13.5. The van der Waals surface area contributed by atoms with Crippen LogP contribution in [0, 0.1) is 0 Å². The Hall–Kier alpha value is -3.56. The number of carbonyl (C=O) groups excluding carboxylic acids is 1. The van der Waals surface area contributed by atoms with Crippen molar-refractivity contribution < 1.29 is 19.0 Å². The number of carbonyl (C=O) groups is 1. The maximum Gasteiger partial charge on any atom is 0.234 e. The Labute approximate surface area is 230 Å². The van der Waals surface area contributed by atoms with Gasteiger partial charge in [0.15, 0.2) is 11.5 Å². The van der Waals surface area contributed by atoms with Gasteiger partial charge in [-0.3, -0.25) is 9.69 Å². The highest BCUT2D eigenvalue weighted by Gasteiger charge is 2.18.